The van der Waals surface area contributed by atoms with Gasteiger partial charge in [-0.3, -0.25) is 0 Å². The maximum Gasteiger partial charge on any atom is 0.179 e. The molecule has 0 amide bonds. The number of benzene rings is 3. The maximum absolute atomic E-state index is 15.5. The summed E-state index contributed by atoms with van der Waals surface area (Å²) in [5, 5.41) is 16.7. The van der Waals surface area contributed by atoms with E-state index in [1.54, 1.807) is 18.2 Å². The molecule has 3 aromatic carbocycles. The summed E-state index contributed by atoms with van der Waals surface area (Å²) in [5.41, 5.74) is 0.698. The maximum atomic E-state index is 15.5. The predicted molar refractivity (Wildman–Crippen MR) is 130 cm³/mol. The fourth-order valence-electron chi connectivity index (χ4n) is 4.70. The van der Waals surface area contributed by atoms with Gasteiger partial charge in [0.15, 0.2) is 21.4 Å². The van der Waals surface area contributed by atoms with Gasteiger partial charge < -0.3 is 20.5 Å². The quantitative estimate of drug-likeness (QED) is 0.379. The third-order valence-electron chi connectivity index (χ3n) is 6.10. The van der Waals surface area contributed by atoms with Gasteiger partial charge >= 0.3 is 0 Å². The number of nitrogens with one attached hydrogen (secondary N) is 2. The molecule has 0 bridgehead atoms. The van der Waals surface area contributed by atoms with Crippen LogP contribution in [-0.2, 0) is 9.84 Å². The summed E-state index contributed by atoms with van der Waals surface area (Å²) < 4.78 is 61.9. The molecule has 0 radical (unpaired) electrons. The van der Waals surface area contributed by atoms with Crippen molar-refractivity contribution in [1.82, 2.24) is 0 Å². The first-order valence-electron chi connectivity index (χ1n) is 11.1. The summed E-state index contributed by atoms with van der Waals surface area (Å²) in [6, 6.07) is 13.5. The molecule has 1 atom stereocenters. The molecule has 9 heteroatoms. The molecule has 35 heavy (non-hydrogen) atoms. The van der Waals surface area contributed by atoms with Gasteiger partial charge in [0.1, 0.15) is 23.0 Å². The van der Waals surface area contributed by atoms with Crippen molar-refractivity contribution >= 4 is 21.2 Å². The van der Waals surface area contributed by atoms with Crippen LogP contribution >= 0.6 is 0 Å². The molecular weight excluding hydrogens is 474 g/mol. The lowest BCUT2D eigenvalue weighted by molar-refractivity contribution is 0.400. The summed E-state index contributed by atoms with van der Waals surface area (Å²) in [6.45, 7) is 3.70. The Kier molecular flexibility index (Phi) is 5.47. The van der Waals surface area contributed by atoms with E-state index in [1.165, 1.54) is 36.4 Å². The lowest BCUT2D eigenvalue weighted by atomic mass is 9.88. The Balaban J connectivity index is 1.62. The SMILES string of the molecule is CC1(C)CC2=C(C(c3ccc(Oc4ccccc4F)cc3F)Nc3cccc(O)c3N2)S(=O)(=O)C1. The Hall–Kier alpha value is -3.59. The number of anilines is 2. The number of hydrogen-bond donors (Lipinski definition) is 3. The summed E-state index contributed by atoms with van der Waals surface area (Å²) in [5.74, 6) is -1.44. The largest absolute Gasteiger partial charge is 0.506 e. The van der Waals surface area contributed by atoms with Crippen LogP contribution in [0, 0.1) is 17.0 Å². The highest BCUT2D eigenvalue weighted by atomic mass is 32.2. The van der Waals surface area contributed by atoms with Crippen LogP contribution in [0.15, 0.2) is 71.3 Å². The van der Waals surface area contributed by atoms with Crippen molar-refractivity contribution in [3.8, 4) is 17.2 Å². The van der Waals surface area contributed by atoms with E-state index in [-0.39, 0.29) is 33.5 Å². The van der Waals surface area contributed by atoms with Crippen molar-refractivity contribution in [2.45, 2.75) is 26.3 Å². The summed E-state index contributed by atoms with van der Waals surface area (Å²) >= 11 is 0. The van der Waals surface area contributed by atoms with Crippen LogP contribution in [-0.4, -0.2) is 19.3 Å². The highest BCUT2D eigenvalue weighted by Gasteiger charge is 2.43. The van der Waals surface area contributed by atoms with Gasteiger partial charge in [-0.15, -0.1) is 0 Å². The monoisotopic (exact) mass is 498 g/mol. The average molecular weight is 499 g/mol. The molecule has 0 saturated heterocycles. The number of hydrogen-bond acceptors (Lipinski definition) is 6. The normalized spacial score (nSPS) is 20.1. The summed E-state index contributed by atoms with van der Waals surface area (Å²) in [7, 11) is -3.80. The smallest absolute Gasteiger partial charge is 0.179 e. The molecular formula is C26H24F2N2O4S. The Morgan fingerprint density at radius 3 is 2.54 bits per heavy atom. The van der Waals surface area contributed by atoms with Crippen molar-refractivity contribution < 1.29 is 27.0 Å². The standard InChI is InChI=1S/C26H24F2N2O4S/c1-26(2)13-20-25(35(32,33)14-26)23(29-19-7-5-8-21(31)24(19)30-20)16-11-10-15(12-18(16)28)34-22-9-4-3-6-17(22)27/h3-12,23,29-31H,13-14H2,1-2H3. The number of phenols is 1. The molecule has 2 aliphatic rings. The van der Waals surface area contributed by atoms with E-state index in [0.29, 0.717) is 23.5 Å². The molecule has 3 N–H and O–H groups in total. The van der Waals surface area contributed by atoms with Gasteiger partial charge in [-0.2, -0.15) is 0 Å². The molecule has 1 unspecified atom stereocenters. The third-order valence-corrected chi connectivity index (χ3v) is 8.41. The second-order valence-corrected chi connectivity index (χ2v) is 11.5. The Bertz CT molecular complexity index is 1470. The van der Waals surface area contributed by atoms with Crippen molar-refractivity contribution in [3.63, 3.8) is 0 Å². The fraction of sp³-hybridized carbons (Fsp3) is 0.231. The van der Waals surface area contributed by atoms with Crippen LogP contribution in [0.4, 0.5) is 20.2 Å². The Labute approximate surface area is 202 Å². The minimum atomic E-state index is -3.80. The van der Waals surface area contributed by atoms with Gasteiger partial charge in [0.05, 0.1) is 22.4 Å². The Morgan fingerprint density at radius 2 is 1.80 bits per heavy atom. The van der Waals surface area contributed by atoms with Gasteiger partial charge in [0.25, 0.3) is 0 Å². The van der Waals surface area contributed by atoms with Gasteiger partial charge in [0.2, 0.25) is 0 Å². The molecule has 0 fully saturated rings. The van der Waals surface area contributed by atoms with Crippen molar-refractivity contribution in [1.29, 1.82) is 0 Å². The second kappa shape index (κ2) is 8.27. The zero-order valence-corrected chi connectivity index (χ0v) is 19.9. The number of ether oxygens (including phenoxy) is 1. The van der Waals surface area contributed by atoms with Crippen LogP contribution in [0.25, 0.3) is 0 Å². The number of allylic oxidation sites excluding steroid dienone is 1. The molecule has 0 aliphatic carbocycles. The third kappa shape index (κ3) is 4.32. The number of fused-ring (bicyclic) bond motifs is 1. The van der Waals surface area contributed by atoms with Crippen LogP contribution in [0.3, 0.4) is 0 Å². The van der Waals surface area contributed by atoms with E-state index < -0.39 is 32.9 Å². The number of aromatic hydroxyl groups is 1. The lowest BCUT2D eigenvalue weighted by Crippen LogP contribution is -2.35. The van der Waals surface area contributed by atoms with E-state index in [4.69, 9.17) is 4.74 Å². The van der Waals surface area contributed by atoms with E-state index in [9.17, 15) is 17.9 Å². The number of phenolic OH excluding ortho intramolecular Hbond substituents is 1. The van der Waals surface area contributed by atoms with Gasteiger partial charge in [-0.25, -0.2) is 17.2 Å². The van der Waals surface area contributed by atoms with Crippen LogP contribution < -0.4 is 15.4 Å². The molecule has 0 saturated carbocycles. The molecule has 3 aromatic rings. The van der Waals surface area contributed by atoms with E-state index in [2.05, 4.69) is 10.6 Å². The number of para-hydroxylation sites is 2. The van der Waals surface area contributed by atoms with Gasteiger partial charge in [-0.1, -0.05) is 32.0 Å². The molecule has 2 aliphatic heterocycles. The van der Waals surface area contributed by atoms with Gasteiger partial charge in [-0.05, 0) is 48.2 Å². The highest BCUT2D eigenvalue weighted by Crippen LogP contribution is 2.48. The first-order valence-corrected chi connectivity index (χ1v) is 12.7. The van der Waals surface area contributed by atoms with E-state index in [1.807, 2.05) is 13.8 Å². The zero-order chi connectivity index (χ0) is 25.0. The molecule has 5 rings (SSSR count). The van der Waals surface area contributed by atoms with Gasteiger partial charge in [0, 0.05) is 17.3 Å². The molecule has 6 nitrogen and oxygen atoms in total. The Morgan fingerprint density at radius 1 is 1.03 bits per heavy atom. The lowest BCUT2D eigenvalue weighted by Gasteiger charge is -2.34. The molecule has 2 heterocycles. The minimum absolute atomic E-state index is 0.0362. The molecule has 182 valence electrons. The fourth-order valence-corrected chi connectivity index (χ4v) is 7.03. The van der Waals surface area contributed by atoms with Crippen LogP contribution in [0.2, 0.25) is 0 Å². The molecule has 0 spiro atoms. The number of rotatable bonds is 3. The topological polar surface area (TPSA) is 87.7 Å². The summed E-state index contributed by atoms with van der Waals surface area (Å²) in [4.78, 5) is 0.0362. The second-order valence-electron chi connectivity index (χ2n) is 9.56. The first-order chi connectivity index (χ1) is 16.5. The van der Waals surface area contributed by atoms with Crippen molar-refractivity contribution in [2.24, 2.45) is 5.41 Å². The number of halogens is 2. The average Bonchev–Trinajstić information content (AvgIpc) is 2.92. The van der Waals surface area contributed by atoms with Crippen molar-refractivity contribution in [2.75, 3.05) is 16.4 Å². The molecule has 0 aromatic heterocycles. The van der Waals surface area contributed by atoms with E-state index >= 15 is 4.39 Å². The summed E-state index contributed by atoms with van der Waals surface area (Å²) in [6.07, 6.45) is 0.392. The van der Waals surface area contributed by atoms with Crippen LogP contribution in [0.5, 0.6) is 17.2 Å². The minimum Gasteiger partial charge on any atom is -0.506 e. The van der Waals surface area contributed by atoms with Crippen LogP contribution in [0.1, 0.15) is 31.9 Å². The first kappa shape index (κ1) is 23.2. The zero-order valence-electron chi connectivity index (χ0n) is 19.1. The number of sulfone groups is 1. The van der Waals surface area contributed by atoms with Crippen molar-refractivity contribution in [3.05, 3.63) is 88.5 Å². The predicted octanol–water partition coefficient (Wildman–Crippen LogP) is 6.10. The highest BCUT2D eigenvalue weighted by molar-refractivity contribution is 7.95. The van der Waals surface area contributed by atoms with E-state index in [0.717, 1.165) is 6.07 Å².